The van der Waals surface area contributed by atoms with Crippen molar-refractivity contribution >= 4 is 11.9 Å². The van der Waals surface area contributed by atoms with Crippen molar-refractivity contribution in [2.24, 2.45) is 5.92 Å². The first-order valence-corrected chi connectivity index (χ1v) is 6.85. The smallest absolute Gasteiger partial charge is 0.335 e. The molecule has 0 spiro atoms. The minimum atomic E-state index is -0.927. The molecule has 5 nitrogen and oxygen atoms in total. The predicted molar refractivity (Wildman–Crippen MR) is 75.7 cm³/mol. The number of amides is 1. The molecule has 0 aromatic heterocycles. The van der Waals surface area contributed by atoms with E-state index in [2.05, 4.69) is 10.2 Å². The van der Waals surface area contributed by atoms with Gasteiger partial charge >= 0.3 is 5.97 Å². The van der Waals surface area contributed by atoms with Crippen molar-refractivity contribution in [3.05, 3.63) is 35.4 Å². The molecule has 1 aliphatic rings. The quantitative estimate of drug-likeness (QED) is 0.841. The summed E-state index contributed by atoms with van der Waals surface area (Å²) >= 11 is 0. The van der Waals surface area contributed by atoms with Crippen LogP contribution in [0.5, 0.6) is 0 Å². The Balaban J connectivity index is 1.84. The van der Waals surface area contributed by atoms with Gasteiger partial charge in [0.1, 0.15) is 0 Å². The minimum absolute atomic E-state index is 0.0646. The fourth-order valence-corrected chi connectivity index (χ4v) is 2.56. The molecule has 0 radical (unpaired) electrons. The van der Waals surface area contributed by atoms with Gasteiger partial charge in [-0.2, -0.15) is 0 Å². The molecule has 2 N–H and O–H groups in total. The molecule has 0 saturated carbocycles. The Labute approximate surface area is 118 Å². The monoisotopic (exact) mass is 276 g/mol. The van der Waals surface area contributed by atoms with Crippen molar-refractivity contribution in [2.45, 2.75) is 12.8 Å². The number of nitrogens with zero attached hydrogens (tertiary/aromatic N) is 1. The number of rotatable bonds is 5. The zero-order valence-corrected chi connectivity index (χ0v) is 11.6. The van der Waals surface area contributed by atoms with Crippen molar-refractivity contribution in [3.8, 4) is 0 Å². The lowest BCUT2D eigenvalue weighted by Gasteiger charge is -2.12. The lowest BCUT2D eigenvalue weighted by atomic mass is 10.0. The summed E-state index contributed by atoms with van der Waals surface area (Å²) in [5.74, 6) is -0.791. The summed E-state index contributed by atoms with van der Waals surface area (Å²) < 4.78 is 0. The molecular formula is C15H20N2O3. The summed E-state index contributed by atoms with van der Waals surface area (Å²) in [5.41, 5.74) is 1.06. The highest BCUT2D eigenvalue weighted by Crippen LogP contribution is 2.14. The first-order chi connectivity index (χ1) is 9.58. The van der Waals surface area contributed by atoms with Gasteiger partial charge in [-0.25, -0.2) is 4.79 Å². The Morgan fingerprint density at radius 1 is 1.40 bits per heavy atom. The van der Waals surface area contributed by atoms with Crippen molar-refractivity contribution in [3.63, 3.8) is 0 Å². The highest BCUT2D eigenvalue weighted by atomic mass is 16.4. The van der Waals surface area contributed by atoms with Gasteiger partial charge < -0.3 is 15.3 Å². The highest BCUT2D eigenvalue weighted by molar-refractivity contribution is 5.89. The summed E-state index contributed by atoms with van der Waals surface area (Å²) in [5, 5.41) is 12.0. The third kappa shape index (κ3) is 3.57. The number of carboxylic acid groups (broad SMARTS) is 1. The van der Waals surface area contributed by atoms with E-state index in [0.717, 1.165) is 25.1 Å². The summed E-state index contributed by atoms with van der Waals surface area (Å²) in [6.45, 7) is 2.24. The molecule has 1 amide bonds. The van der Waals surface area contributed by atoms with Crippen molar-refractivity contribution < 1.29 is 14.7 Å². The molecule has 1 unspecified atom stereocenters. The van der Waals surface area contributed by atoms with Gasteiger partial charge in [-0.15, -0.1) is 0 Å². The topological polar surface area (TPSA) is 69.6 Å². The van der Waals surface area contributed by atoms with Crippen LogP contribution in [0.1, 0.15) is 22.3 Å². The van der Waals surface area contributed by atoms with E-state index in [0.29, 0.717) is 18.5 Å². The molecule has 1 aromatic carbocycles. The average Bonchev–Trinajstić information content (AvgIpc) is 2.86. The van der Waals surface area contributed by atoms with Crippen LogP contribution in [0.3, 0.4) is 0 Å². The van der Waals surface area contributed by atoms with E-state index in [-0.39, 0.29) is 11.8 Å². The SMILES string of the molecule is CN1CCC(C(=O)NCCc2ccccc2C(=O)O)C1. The molecule has 1 aromatic rings. The van der Waals surface area contributed by atoms with Gasteiger partial charge in [-0.1, -0.05) is 18.2 Å². The molecule has 1 atom stereocenters. The lowest BCUT2D eigenvalue weighted by molar-refractivity contribution is -0.124. The van der Waals surface area contributed by atoms with Crippen LogP contribution in [0, 0.1) is 5.92 Å². The van der Waals surface area contributed by atoms with Crippen LogP contribution in [-0.4, -0.2) is 48.6 Å². The number of carboxylic acids is 1. The fourth-order valence-electron chi connectivity index (χ4n) is 2.56. The number of hydrogen-bond donors (Lipinski definition) is 2. The summed E-state index contributed by atoms with van der Waals surface area (Å²) in [7, 11) is 2.01. The number of benzene rings is 1. The largest absolute Gasteiger partial charge is 0.478 e. The third-order valence-corrected chi connectivity index (χ3v) is 3.70. The van der Waals surface area contributed by atoms with Crippen LogP contribution >= 0.6 is 0 Å². The zero-order chi connectivity index (χ0) is 14.5. The Morgan fingerprint density at radius 2 is 2.15 bits per heavy atom. The number of hydrogen-bond acceptors (Lipinski definition) is 3. The third-order valence-electron chi connectivity index (χ3n) is 3.70. The van der Waals surface area contributed by atoms with Crippen LogP contribution in [-0.2, 0) is 11.2 Å². The molecule has 5 heteroatoms. The van der Waals surface area contributed by atoms with E-state index < -0.39 is 5.97 Å². The Kier molecular flexibility index (Phi) is 4.74. The fraction of sp³-hybridized carbons (Fsp3) is 0.467. The summed E-state index contributed by atoms with van der Waals surface area (Å²) in [6.07, 6.45) is 1.44. The van der Waals surface area contributed by atoms with Gasteiger partial charge in [0.25, 0.3) is 0 Å². The van der Waals surface area contributed by atoms with E-state index in [1.807, 2.05) is 13.1 Å². The zero-order valence-electron chi connectivity index (χ0n) is 11.6. The van der Waals surface area contributed by atoms with Crippen LogP contribution < -0.4 is 5.32 Å². The van der Waals surface area contributed by atoms with Crippen LogP contribution in [0.4, 0.5) is 0 Å². The number of aromatic carboxylic acids is 1. The maximum atomic E-state index is 11.9. The molecule has 1 heterocycles. The van der Waals surface area contributed by atoms with Gasteiger partial charge in [0.05, 0.1) is 11.5 Å². The maximum absolute atomic E-state index is 11.9. The van der Waals surface area contributed by atoms with Gasteiger partial charge in [0.15, 0.2) is 0 Å². The normalized spacial score (nSPS) is 18.9. The number of nitrogens with one attached hydrogen (secondary N) is 1. The molecular weight excluding hydrogens is 256 g/mol. The van der Waals surface area contributed by atoms with E-state index in [1.165, 1.54) is 0 Å². The van der Waals surface area contributed by atoms with Crippen molar-refractivity contribution in [1.82, 2.24) is 10.2 Å². The molecule has 20 heavy (non-hydrogen) atoms. The maximum Gasteiger partial charge on any atom is 0.335 e. The minimum Gasteiger partial charge on any atom is -0.478 e. The van der Waals surface area contributed by atoms with Crippen molar-refractivity contribution in [1.29, 1.82) is 0 Å². The van der Waals surface area contributed by atoms with Gasteiger partial charge in [-0.3, -0.25) is 4.79 Å². The van der Waals surface area contributed by atoms with Crippen LogP contribution in [0.15, 0.2) is 24.3 Å². The average molecular weight is 276 g/mol. The van der Waals surface area contributed by atoms with Crippen molar-refractivity contribution in [2.75, 3.05) is 26.7 Å². The Hall–Kier alpha value is -1.88. The Bertz CT molecular complexity index is 502. The van der Waals surface area contributed by atoms with E-state index >= 15 is 0 Å². The van der Waals surface area contributed by atoms with Gasteiger partial charge in [-0.05, 0) is 38.1 Å². The first-order valence-electron chi connectivity index (χ1n) is 6.85. The van der Waals surface area contributed by atoms with E-state index in [1.54, 1.807) is 18.2 Å². The second-order valence-electron chi connectivity index (χ2n) is 5.25. The molecule has 1 saturated heterocycles. The van der Waals surface area contributed by atoms with E-state index in [9.17, 15) is 9.59 Å². The van der Waals surface area contributed by atoms with Gasteiger partial charge in [0, 0.05) is 13.1 Å². The standard InChI is InChI=1S/C15H20N2O3/c1-17-9-7-12(10-17)14(18)16-8-6-11-4-2-3-5-13(11)15(19)20/h2-5,12H,6-10H2,1H3,(H,16,18)(H,19,20). The highest BCUT2D eigenvalue weighted by Gasteiger charge is 2.25. The number of carbonyl (C=O) groups excluding carboxylic acids is 1. The molecule has 1 aliphatic heterocycles. The van der Waals surface area contributed by atoms with Crippen LogP contribution in [0.25, 0.3) is 0 Å². The van der Waals surface area contributed by atoms with Crippen LogP contribution in [0.2, 0.25) is 0 Å². The lowest BCUT2D eigenvalue weighted by Crippen LogP contribution is -2.33. The molecule has 108 valence electrons. The predicted octanol–water partition coefficient (Wildman–Crippen LogP) is 0.995. The second-order valence-corrected chi connectivity index (χ2v) is 5.25. The molecule has 1 fully saturated rings. The van der Waals surface area contributed by atoms with E-state index in [4.69, 9.17) is 5.11 Å². The first kappa shape index (κ1) is 14.5. The summed E-state index contributed by atoms with van der Waals surface area (Å²) in [6, 6.07) is 6.90. The van der Waals surface area contributed by atoms with Gasteiger partial charge in [0.2, 0.25) is 5.91 Å². The molecule has 0 bridgehead atoms. The molecule has 2 rings (SSSR count). The second kappa shape index (κ2) is 6.52. The number of likely N-dealkylation sites (tertiary alicyclic amines) is 1. The summed E-state index contributed by atoms with van der Waals surface area (Å²) in [4.78, 5) is 25.2. The Morgan fingerprint density at radius 3 is 2.80 bits per heavy atom. The molecule has 0 aliphatic carbocycles. The number of carbonyl (C=O) groups is 2.